The predicted octanol–water partition coefficient (Wildman–Crippen LogP) is 4.18. The second kappa shape index (κ2) is 6.95. The molecule has 3 heteroatoms. The van der Waals surface area contributed by atoms with Gasteiger partial charge < -0.3 is 5.32 Å². The highest BCUT2D eigenvalue weighted by Crippen LogP contribution is 2.26. The van der Waals surface area contributed by atoms with Gasteiger partial charge in [-0.3, -0.25) is 0 Å². The molecule has 0 aliphatic heterocycles. The van der Waals surface area contributed by atoms with E-state index in [0.29, 0.717) is 5.38 Å². The van der Waals surface area contributed by atoms with E-state index in [0.717, 1.165) is 19.0 Å². The molecule has 0 bridgehead atoms. The van der Waals surface area contributed by atoms with Crippen LogP contribution in [0.2, 0.25) is 0 Å². The summed E-state index contributed by atoms with van der Waals surface area (Å²) in [6, 6.07) is 8.72. The zero-order valence-corrected chi connectivity index (χ0v) is 12.9. The standard InChI is InChI=1S/C14H19ClIN/c15-13-5-1-11(2-6-13)9-17-10-12-3-7-14(16)8-4-12/h3-4,7-8,11,13,17H,1-2,5-6,9-10H2. The lowest BCUT2D eigenvalue weighted by Gasteiger charge is -2.25. The van der Waals surface area contributed by atoms with Crippen LogP contribution in [0.4, 0.5) is 0 Å². The molecule has 0 atom stereocenters. The lowest BCUT2D eigenvalue weighted by molar-refractivity contribution is 0.345. The minimum Gasteiger partial charge on any atom is -0.312 e. The molecule has 0 heterocycles. The van der Waals surface area contributed by atoms with Crippen molar-refractivity contribution in [2.24, 2.45) is 5.92 Å². The van der Waals surface area contributed by atoms with Gasteiger partial charge in [0.1, 0.15) is 0 Å². The summed E-state index contributed by atoms with van der Waals surface area (Å²) < 4.78 is 1.30. The van der Waals surface area contributed by atoms with Crippen LogP contribution in [0.5, 0.6) is 0 Å². The van der Waals surface area contributed by atoms with Crippen molar-refractivity contribution in [3.8, 4) is 0 Å². The van der Waals surface area contributed by atoms with E-state index in [-0.39, 0.29) is 0 Å². The van der Waals surface area contributed by atoms with Crippen molar-refractivity contribution in [3.05, 3.63) is 33.4 Å². The molecule has 1 aromatic rings. The molecular formula is C14H19ClIN. The molecule has 1 N–H and O–H groups in total. The molecule has 1 fully saturated rings. The van der Waals surface area contributed by atoms with Gasteiger partial charge in [-0.25, -0.2) is 0 Å². The minimum absolute atomic E-state index is 0.433. The Labute approximate surface area is 122 Å². The van der Waals surface area contributed by atoms with Crippen LogP contribution in [0.1, 0.15) is 31.2 Å². The average molecular weight is 364 g/mol. The fraction of sp³-hybridized carbons (Fsp3) is 0.571. The fourth-order valence-corrected chi connectivity index (χ4v) is 2.96. The summed E-state index contributed by atoms with van der Waals surface area (Å²) in [4.78, 5) is 0. The Kier molecular flexibility index (Phi) is 5.57. The molecule has 0 amide bonds. The van der Waals surface area contributed by atoms with Gasteiger partial charge in [-0.15, -0.1) is 11.6 Å². The molecule has 1 saturated carbocycles. The molecule has 0 spiro atoms. The molecule has 0 radical (unpaired) electrons. The number of nitrogens with one attached hydrogen (secondary N) is 1. The maximum atomic E-state index is 6.11. The van der Waals surface area contributed by atoms with Crippen LogP contribution in [0, 0.1) is 9.49 Å². The summed E-state index contributed by atoms with van der Waals surface area (Å²) in [5.41, 5.74) is 1.37. The predicted molar refractivity (Wildman–Crippen MR) is 82.5 cm³/mol. The lowest BCUT2D eigenvalue weighted by atomic mass is 9.89. The van der Waals surface area contributed by atoms with Crippen LogP contribution in [-0.4, -0.2) is 11.9 Å². The van der Waals surface area contributed by atoms with Crippen LogP contribution in [0.15, 0.2) is 24.3 Å². The zero-order valence-electron chi connectivity index (χ0n) is 9.96. The van der Waals surface area contributed by atoms with Gasteiger partial charge in [0.2, 0.25) is 0 Å². The third kappa shape index (κ3) is 4.76. The first-order chi connectivity index (χ1) is 8.24. The molecule has 1 aliphatic rings. The summed E-state index contributed by atoms with van der Waals surface area (Å²) >= 11 is 8.44. The second-order valence-corrected chi connectivity index (χ2v) is 6.74. The largest absolute Gasteiger partial charge is 0.312 e. The van der Waals surface area contributed by atoms with Crippen molar-refractivity contribution in [3.63, 3.8) is 0 Å². The van der Waals surface area contributed by atoms with Gasteiger partial charge in [-0.05, 0) is 78.4 Å². The van der Waals surface area contributed by atoms with Crippen molar-refractivity contribution in [1.29, 1.82) is 0 Å². The molecule has 1 aliphatic carbocycles. The molecule has 0 aromatic heterocycles. The number of rotatable bonds is 4. The van der Waals surface area contributed by atoms with E-state index >= 15 is 0 Å². The molecule has 94 valence electrons. The van der Waals surface area contributed by atoms with E-state index in [4.69, 9.17) is 11.6 Å². The number of benzene rings is 1. The Morgan fingerprint density at radius 2 is 1.76 bits per heavy atom. The van der Waals surface area contributed by atoms with E-state index in [9.17, 15) is 0 Å². The highest BCUT2D eigenvalue weighted by molar-refractivity contribution is 14.1. The molecule has 1 aromatic carbocycles. The normalized spacial score (nSPS) is 24.8. The van der Waals surface area contributed by atoms with Crippen molar-refractivity contribution in [1.82, 2.24) is 5.32 Å². The van der Waals surface area contributed by atoms with Gasteiger partial charge in [0.25, 0.3) is 0 Å². The summed E-state index contributed by atoms with van der Waals surface area (Å²) in [6.45, 7) is 2.12. The van der Waals surface area contributed by atoms with E-state index in [1.165, 1.54) is 34.8 Å². The first-order valence-corrected chi connectivity index (χ1v) is 7.85. The van der Waals surface area contributed by atoms with Crippen LogP contribution >= 0.6 is 34.2 Å². The summed E-state index contributed by atoms with van der Waals surface area (Å²) in [7, 11) is 0. The van der Waals surface area contributed by atoms with Crippen LogP contribution in [0.3, 0.4) is 0 Å². The van der Waals surface area contributed by atoms with Gasteiger partial charge in [0.15, 0.2) is 0 Å². The lowest BCUT2D eigenvalue weighted by Crippen LogP contribution is -2.26. The van der Waals surface area contributed by atoms with Gasteiger partial charge in [-0.1, -0.05) is 12.1 Å². The first-order valence-electron chi connectivity index (χ1n) is 6.33. The monoisotopic (exact) mass is 363 g/mol. The zero-order chi connectivity index (χ0) is 12.1. The second-order valence-electron chi connectivity index (χ2n) is 4.88. The summed E-state index contributed by atoms with van der Waals surface area (Å²) in [5.74, 6) is 0.828. The Morgan fingerprint density at radius 1 is 1.12 bits per heavy atom. The fourth-order valence-electron chi connectivity index (χ4n) is 2.35. The highest BCUT2D eigenvalue weighted by atomic mass is 127. The molecule has 2 rings (SSSR count). The van der Waals surface area contributed by atoms with Crippen molar-refractivity contribution < 1.29 is 0 Å². The maximum Gasteiger partial charge on any atom is 0.0336 e. The Morgan fingerprint density at radius 3 is 2.41 bits per heavy atom. The van der Waals surface area contributed by atoms with Crippen molar-refractivity contribution in [2.75, 3.05) is 6.54 Å². The van der Waals surface area contributed by atoms with Crippen LogP contribution in [-0.2, 0) is 6.54 Å². The SMILES string of the molecule is ClC1CCC(CNCc2ccc(I)cc2)CC1. The van der Waals surface area contributed by atoms with E-state index < -0.39 is 0 Å². The molecule has 1 nitrogen and oxygen atoms in total. The smallest absolute Gasteiger partial charge is 0.0336 e. The Bertz CT molecular complexity index is 331. The number of alkyl halides is 1. The maximum absolute atomic E-state index is 6.11. The van der Waals surface area contributed by atoms with Crippen molar-refractivity contribution >= 4 is 34.2 Å². The number of halogens is 2. The molecular weight excluding hydrogens is 345 g/mol. The van der Waals surface area contributed by atoms with E-state index in [1.54, 1.807) is 0 Å². The van der Waals surface area contributed by atoms with E-state index in [2.05, 4.69) is 52.2 Å². The van der Waals surface area contributed by atoms with Gasteiger partial charge in [0.05, 0.1) is 0 Å². The van der Waals surface area contributed by atoms with Gasteiger partial charge in [-0.2, -0.15) is 0 Å². The Hall–Kier alpha value is 0.200. The summed E-state index contributed by atoms with van der Waals surface area (Å²) in [6.07, 6.45) is 4.95. The third-order valence-electron chi connectivity index (χ3n) is 3.45. The summed E-state index contributed by atoms with van der Waals surface area (Å²) in [5, 5.41) is 3.99. The Balaban J connectivity index is 1.67. The molecule has 17 heavy (non-hydrogen) atoms. The van der Waals surface area contributed by atoms with Gasteiger partial charge in [0, 0.05) is 15.5 Å². The number of hydrogen-bond donors (Lipinski definition) is 1. The average Bonchev–Trinajstić information content (AvgIpc) is 2.34. The quantitative estimate of drug-likeness (QED) is 0.625. The van der Waals surface area contributed by atoms with Gasteiger partial charge >= 0.3 is 0 Å². The number of hydrogen-bond acceptors (Lipinski definition) is 1. The molecule has 0 unspecified atom stereocenters. The first kappa shape index (κ1) is 13.6. The topological polar surface area (TPSA) is 12.0 Å². The van der Waals surface area contributed by atoms with Crippen molar-refractivity contribution in [2.45, 2.75) is 37.6 Å². The minimum atomic E-state index is 0.433. The third-order valence-corrected chi connectivity index (χ3v) is 4.61. The van der Waals surface area contributed by atoms with Crippen LogP contribution in [0.25, 0.3) is 0 Å². The van der Waals surface area contributed by atoms with Crippen LogP contribution < -0.4 is 5.32 Å². The highest BCUT2D eigenvalue weighted by Gasteiger charge is 2.18. The molecule has 0 saturated heterocycles. The van der Waals surface area contributed by atoms with E-state index in [1.807, 2.05) is 0 Å².